The second kappa shape index (κ2) is 6.37. The highest BCUT2D eigenvalue weighted by Gasteiger charge is 2.21. The maximum Gasteiger partial charge on any atom is 0.341 e. The van der Waals surface area contributed by atoms with Crippen molar-refractivity contribution in [3.8, 4) is 11.5 Å². The minimum absolute atomic E-state index is 0.142. The van der Waals surface area contributed by atoms with Crippen LogP contribution in [0.15, 0.2) is 12.3 Å². The molecule has 0 saturated carbocycles. The summed E-state index contributed by atoms with van der Waals surface area (Å²) in [6.07, 6.45) is 1.34. The van der Waals surface area contributed by atoms with Gasteiger partial charge in [-0.05, 0) is 6.92 Å². The van der Waals surface area contributed by atoms with Crippen molar-refractivity contribution in [2.24, 2.45) is 0 Å². The number of rotatable bonds is 4. The Bertz CT molecular complexity index is 703. The minimum Gasteiger partial charge on any atom is -0.495 e. The van der Waals surface area contributed by atoms with Crippen LogP contribution in [0.2, 0.25) is 10.0 Å². The molecule has 0 aliphatic heterocycles. The van der Waals surface area contributed by atoms with E-state index in [1.165, 1.54) is 20.4 Å². The van der Waals surface area contributed by atoms with Crippen LogP contribution in [0, 0.1) is 0 Å². The number of aromatic nitrogens is 1. The van der Waals surface area contributed by atoms with Crippen molar-refractivity contribution in [2.75, 3.05) is 20.8 Å². The largest absolute Gasteiger partial charge is 0.495 e. The van der Waals surface area contributed by atoms with Crippen molar-refractivity contribution in [3.63, 3.8) is 0 Å². The van der Waals surface area contributed by atoms with E-state index in [-0.39, 0.29) is 22.2 Å². The highest BCUT2D eigenvalue weighted by atomic mass is 35.5. The molecule has 112 valence electrons. The molecule has 1 heterocycles. The Hall–Kier alpha value is -1.72. The van der Waals surface area contributed by atoms with Crippen molar-refractivity contribution < 1.29 is 19.0 Å². The first-order chi connectivity index (χ1) is 10.0. The molecule has 0 saturated heterocycles. The van der Waals surface area contributed by atoms with Crippen LogP contribution in [0.25, 0.3) is 10.9 Å². The van der Waals surface area contributed by atoms with Gasteiger partial charge in [-0.2, -0.15) is 0 Å². The van der Waals surface area contributed by atoms with E-state index in [2.05, 4.69) is 4.98 Å². The molecule has 1 aromatic carbocycles. The number of esters is 1. The third kappa shape index (κ3) is 2.71. The lowest BCUT2D eigenvalue weighted by Gasteiger charge is -2.13. The Labute approximate surface area is 131 Å². The summed E-state index contributed by atoms with van der Waals surface area (Å²) < 4.78 is 15.4. The monoisotopic (exact) mass is 329 g/mol. The van der Waals surface area contributed by atoms with Crippen LogP contribution < -0.4 is 9.47 Å². The number of benzene rings is 1. The van der Waals surface area contributed by atoms with Crippen molar-refractivity contribution in [2.45, 2.75) is 6.92 Å². The summed E-state index contributed by atoms with van der Waals surface area (Å²) in [5.74, 6) is 0.268. The molecule has 0 unspecified atom stereocenters. The average molecular weight is 330 g/mol. The topological polar surface area (TPSA) is 57.7 Å². The quantitative estimate of drug-likeness (QED) is 0.800. The molecule has 0 aliphatic carbocycles. The van der Waals surface area contributed by atoms with E-state index in [9.17, 15) is 4.79 Å². The summed E-state index contributed by atoms with van der Waals surface area (Å²) >= 11 is 12.6. The number of nitrogens with zero attached hydrogens (tertiary/aromatic N) is 1. The van der Waals surface area contributed by atoms with Gasteiger partial charge >= 0.3 is 5.97 Å². The molecule has 0 spiro atoms. The number of hydrogen-bond donors (Lipinski definition) is 0. The van der Waals surface area contributed by atoms with Crippen LogP contribution >= 0.6 is 23.2 Å². The molecule has 0 radical (unpaired) electrons. The maximum atomic E-state index is 11.9. The van der Waals surface area contributed by atoms with Gasteiger partial charge in [0.1, 0.15) is 17.0 Å². The van der Waals surface area contributed by atoms with Gasteiger partial charge in [-0.3, -0.25) is 4.98 Å². The normalized spacial score (nSPS) is 10.5. The van der Waals surface area contributed by atoms with E-state index < -0.39 is 5.97 Å². The van der Waals surface area contributed by atoms with Gasteiger partial charge in [0, 0.05) is 17.6 Å². The number of ether oxygens (including phenoxy) is 3. The van der Waals surface area contributed by atoms with Crippen LogP contribution in [0.3, 0.4) is 0 Å². The highest BCUT2D eigenvalue weighted by Crippen LogP contribution is 2.42. The van der Waals surface area contributed by atoms with E-state index in [0.717, 1.165) is 0 Å². The Morgan fingerprint density at radius 1 is 1.19 bits per heavy atom. The summed E-state index contributed by atoms with van der Waals surface area (Å²) in [4.78, 5) is 16.1. The molecule has 0 atom stereocenters. The molecule has 0 bridgehead atoms. The first-order valence-electron chi connectivity index (χ1n) is 6.10. The van der Waals surface area contributed by atoms with E-state index in [1.54, 1.807) is 13.0 Å². The summed E-state index contributed by atoms with van der Waals surface area (Å²) in [6, 6.07) is 1.61. The van der Waals surface area contributed by atoms with E-state index in [0.29, 0.717) is 22.4 Å². The van der Waals surface area contributed by atoms with Crippen LogP contribution in [0.5, 0.6) is 11.5 Å². The third-order valence-corrected chi connectivity index (χ3v) is 3.65. The van der Waals surface area contributed by atoms with Crippen molar-refractivity contribution in [3.05, 3.63) is 27.9 Å². The molecule has 1 aromatic heterocycles. The van der Waals surface area contributed by atoms with Gasteiger partial charge in [-0.1, -0.05) is 23.2 Å². The average Bonchev–Trinajstić information content (AvgIpc) is 2.48. The van der Waals surface area contributed by atoms with Crippen LogP contribution in [-0.2, 0) is 4.74 Å². The number of carbonyl (C=O) groups excluding carboxylic acids is 1. The second-order valence-corrected chi connectivity index (χ2v) is 4.78. The summed E-state index contributed by atoms with van der Waals surface area (Å²) in [7, 11) is 2.97. The van der Waals surface area contributed by atoms with Crippen LogP contribution in [0.1, 0.15) is 17.3 Å². The van der Waals surface area contributed by atoms with Gasteiger partial charge < -0.3 is 14.2 Å². The molecule has 2 rings (SSSR count). The molecule has 0 N–H and O–H groups in total. The third-order valence-electron chi connectivity index (χ3n) is 2.88. The lowest BCUT2D eigenvalue weighted by atomic mass is 10.1. The Morgan fingerprint density at radius 3 is 2.43 bits per heavy atom. The Balaban J connectivity index is 2.79. The molecular formula is C14H13Cl2NO4. The van der Waals surface area contributed by atoms with E-state index in [4.69, 9.17) is 37.4 Å². The maximum absolute atomic E-state index is 11.9. The lowest BCUT2D eigenvalue weighted by molar-refractivity contribution is 0.0526. The molecule has 0 aliphatic rings. The number of hydrogen-bond acceptors (Lipinski definition) is 5. The fraction of sp³-hybridized carbons (Fsp3) is 0.286. The predicted octanol–water partition coefficient (Wildman–Crippen LogP) is 3.74. The van der Waals surface area contributed by atoms with Crippen molar-refractivity contribution in [1.29, 1.82) is 0 Å². The zero-order valence-electron chi connectivity index (χ0n) is 11.7. The van der Waals surface area contributed by atoms with Gasteiger partial charge in [0.15, 0.2) is 0 Å². The number of fused-ring (bicyclic) bond motifs is 1. The lowest BCUT2D eigenvalue weighted by Crippen LogP contribution is -2.06. The second-order valence-electron chi connectivity index (χ2n) is 4.03. The van der Waals surface area contributed by atoms with E-state index in [1.807, 2.05) is 0 Å². The Morgan fingerprint density at radius 2 is 1.86 bits per heavy atom. The van der Waals surface area contributed by atoms with Gasteiger partial charge in [-0.15, -0.1) is 0 Å². The SMILES string of the molecule is CCOC(=O)c1cnc2c(OC)cc(OC)c(Cl)c2c1Cl. The smallest absolute Gasteiger partial charge is 0.341 e. The van der Waals surface area contributed by atoms with Crippen LogP contribution in [0.4, 0.5) is 0 Å². The zero-order valence-corrected chi connectivity index (χ0v) is 13.2. The summed E-state index contributed by atoms with van der Waals surface area (Å²) in [6.45, 7) is 1.95. The van der Waals surface area contributed by atoms with Crippen molar-refractivity contribution in [1.82, 2.24) is 4.98 Å². The van der Waals surface area contributed by atoms with Gasteiger partial charge in [-0.25, -0.2) is 4.79 Å². The van der Waals surface area contributed by atoms with E-state index >= 15 is 0 Å². The molecule has 5 nitrogen and oxygen atoms in total. The highest BCUT2D eigenvalue weighted by molar-refractivity contribution is 6.44. The molecule has 0 amide bonds. The van der Waals surface area contributed by atoms with Gasteiger partial charge in [0.25, 0.3) is 0 Å². The van der Waals surface area contributed by atoms with Gasteiger partial charge in [0.2, 0.25) is 0 Å². The first kappa shape index (κ1) is 15.7. The zero-order chi connectivity index (χ0) is 15.6. The number of methoxy groups -OCH3 is 2. The molecule has 0 fully saturated rings. The summed E-state index contributed by atoms with van der Waals surface area (Å²) in [5, 5.41) is 0.803. The molecule has 7 heteroatoms. The fourth-order valence-corrected chi connectivity index (χ4v) is 2.58. The number of pyridine rings is 1. The first-order valence-corrected chi connectivity index (χ1v) is 6.86. The number of halogens is 2. The molecule has 2 aromatic rings. The molecule has 21 heavy (non-hydrogen) atoms. The Kier molecular flexibility index (Phi) is 4.75. The molecular weight excluding hydrogens is 317 g/mol. The predicted molar refractivity (Wildman–Crippen MR) is 80.8 cm³/mol. The minimum atomic E-state index is -0.560. The summed E-state index contributed by atoms with van der Waals surface area (Å²) in [5.41, 5.74) is 0.588. The standard InChI is InChI=1S/C14H13Cl2NO4/c1-4-21-14(18)7-6-17-13-9(20-3)5-8(19-2)12(16)10(13)11(7)15/h5-6H,4H2,1-3H3. The van der Waals surface area contributed by atoms with Crippen LogP contribution in [-0.4, -0.2) is 31.8 Å². The number of carbonyl (C=O) groups is 1. The van der Waals surface area contributed by atoms with Gasteiger partial charge in [0.05, 0.1) is 36.4 Å². The fourth-order valence-electron chi connectivity index (χ4n) is 1.91. The van der Waals surface area contributed by atoms with Crippen molar-refractivity contribution >= 4 is 40.1 Å².